The van der Waals surface area contributed by atoms with Gasteiger partial charge in [-0.1, -0.05) is 12.1 Å². The van der Waals surface area contributed by atoms with Gasteiger partial charge in [0.2, 0.25) is 11.8 Å². The quantitative estimate of drug-likeness (QED) is 0.609. The van der Waals surface area contributed by atoms with Crippen molar-refractivity contribution in [1.82, 2.24) is 5.32 Å². The lowest BCUT2D eigenvalue weighted by atomic mass is 10.1. The van der Waals surface area contributed by atoms with Crippen LogP contribution in [0.25, 0.3) is 0 Å². The van der Waals surface area contributed by atoms with Crippen LogP contribution >= 0.6 is 11.8 Å². The Morgan fingerprint density at radius 2 is 2.05 bits per heavy atom. The minimum absolute atomic E-state index is 0.150. The van der Waals surface area contributed by atoms with Crippen LogP contribution in [0, 0.1) is 0 Å². The van der Waals surface area contributed by atoms with E-state index in [1.54, 1.807) is 12.1 Å². The molecule has 0 spiro atoms. The Balaban J connectivity index is 2.32. The number of carbonyl (C=O) groups is 3. The molecule has 0 bridgehead atoms. The predicted molar refractivity (Wildman–Crippen MR) is 76.4 cm³/mol. The van der Waals surface area contributed by atoms with Gasteiger partial charge in [-0.05, 0) is 17.7 Å². The maximum atomic E-state index is 11.5. The maximum Gasteiger partial charge on any atom is 0.335 e. The maximum absolute atomic E-state index is 11.5. The first-order valence-electron chi connectivity index (χ1n) is 5.94. The lowest BCUT2D eigenvalue weighted by molar-refractivity contribution is -0.121. The monoisotopic (exact) mass is 296 g/mol. The van der Waals surface area contributed by atoms with Crippen molar-refractivity contribution < 1.29 is 19.5 Å². The molecule has 0 aliphatic rings. The second-order valence-electron chi connectivity index (χ2n) is 4.05. The molecule has 4 N–H and O–H groups in total. The topological polar surface area (TPSA) is 109 Å². The number of carbonyl (C=O) groups excluding carboxylic acids is 2. The molecule has 7 heteroatoms. The van der Waals surface area contributed by atoms with Crippen LogP contribution in [0.5, 0.6) is 0 Å². The van der Waals surface area contributed by atoms with Gasteiger partial charge in [-0.2, -0.15) is 11.8 Å². The Morgan fingerprint density at radius 3 is 2.70 bits per heavy atom. The Kier molecular flexibility index (Phi) is 6.58. The molecule has 1 aromatic rings. The zero-order valence-electron chi connectivity index (χ0n) is 10.8. The van der Waals surface area contributed by atoms with Gasteiger partial charge in [-0.3, -0.25) is 9.59 Å². The number of nitrogens with two attached hydrogens (primary N) is 1. The van der Waals surface area contributed by atoms with Gasteiger partial charge in [-0.15, -0.1) is 0 Å². The molecule has 0 heterocycles. The van der Waals surface area contributed by atoms with Crippen molar-refractivity contribution in [2.45, 2.75) is 13.0 Å². The molecule has 0 saturated heterocycles. The number of thioether (sulfide) groups is 1. The Morgan fingerprint density at radius 1 is 1.30 bits per heavy atom. The Labute approximate surface area is 120 Å². The lowest BCUT2D eigenvalue weighted by Gasteiger charge is -2.06. The normalized spacial score (nSPS) is 10.0. The van der Waals surface area contributed by atoms with E-state index < -0.39 is 11.9 Å². The van der Waals surface area contributed by atoms with E-state index in [1.807, 2.05) is 0 Å². The number of carboxylic acid groups (broad SMARTS) is 1. The van der Waals surface area contributed by atoms with Gasteiger partial charge in [0.05, 0.1) is 11.3 Å². The van der Waals surface area contributed by atoms with E-state index in [0.717, 1.165) is 5.56 Å². The number of nitrogens with one attached hydrogen (secondary N) is 1. The molecule has 0 atom stereocenters. The first-order chi connectivity index (χ1) is 9.49. The molecule has 0 aliphatic carbocycles. The number of primary amides is 1. The van der Waals surface area contributed by atoms with Crippen LogP contribution in [-0.2, 0) is 16.1 Å². The van der Waals surface area contributed by atoms with Gasteiger partial charge in [-0.25, -0.2) is 4.79 Å². The van der Waals surface area contributed by atoms with Crippen molar-refractivity contribution in [3.8, 4) is 0 Å². The van der Waals surface area contributed by atoms with Crippen LogP contribution in [0.3, 0.4) is 0 Å². The summed E-state index contributed by atoms with van der Waals surface area (Å²) >= 11 is 1.30. The van der Waals surface area contributed by atoms with E-state index in [4.69, 9.17) is 10.8 Å². The van der Waals surface area contributed by atoms with E-state index >= 15 is 0 Å². The average Bonchev–Trinajstić information content (AvgIpc) is 2.41. The molecule has 0 fully saturated rings. The molecule has 1 rings (SSSR count). The van der Waals surface area contributed by atoms with Gasteiger partial charge in [0.15, 0.2) is 0 Å². The van der Waals surface area contributed by atoms with Crippen LogP contribution in [0.4, 0.5) is 0 Å². The van der Waals surface area contributed by atoms with E-state index in [9.17, 15) is 14.4 Å². The summed E-state index contributed by atoms with van der Waals surface area (Å²) in [5.41, 5.74) is 5.89. The molecule has 0 unspecified atom stereocenters. The van der Waals surface area contributed by atoms with Gasteiger partial charge >= 0.3 is 5.97 Å². The molecule has 108 valence electrons. The third-order valence-electron chi connectivity index (χ3n) is 2.38. The van der Waals surface area contributed by atoms with Gasteiger partial charge in [0.1, 0.15) is 0 Å². The highest BCUT2D eigenvalue weighted by Crippen LogP contribution is 2.06. The van der Waals surface area contributed by atoms with Crippen molar-refractivity contribution in [2.24, 2.45) is 5.73 Å². The smallest absolute Gasteiger partial charge is 0.335 e. The van der Waals surface area contributed by atoms with Gasteiger partial charge < -0.3 is 16.2 Å². The highest BCUT2D eigenvalue weighted by Gasteiger charge is 2.05. The van der Waals surface area contributed by atoms with E-state index in [2.05, 4.69) is 5.32 Å². The van der Waals surface area contributed by atoms with Crippen molar-refractivity contribution in [1.29, 1.82) is 0 Å². The summed E-state index contributed by atoms with van der Waals surface area (Å²) in [7, 11) is 0. The first kappa shape index (κ1) is 16.0. The summed E-state index contributed by atoms with van der Waals surface area (Å²) in [5, 5.41) is 11.5. The zero-order chi connectivity index (χ0) is 15.0. The summed E-state index contributed by atoms with van der Waals surface area (Å²) in [6.07, 6.45) is 0.288. The van der Waals surface area contributed by atoms with Gasteiger partial charge in [0, 0.05) is 18.7 Å². The van der Waals surface area contributed by atoms with E-state index in [-0.39, 0.29) is 30.2 Å². The summed E-state index contributed by atoms with van der Waals surface area (Å²) in [4.78, 5) is 32.8. The minimum atomic E-state index is -0.999. The van der Waals surface area contributed by atoms with Crippen LogP contribution in [0.15, 0.2) is 24.3 Å². The third-order valence-corrected chi connectivity index (χ3v) is 3.36. The molecule has 1 aromatic carbocycles. The van der Waals surface area contributed by atoms with Gasteiger partial charge in [0.25, 0.3) is 0 Å². The number of amides is 2. The Hall–Kier alpha value is -2.02. The van der Waals surface area contributed by atoms with Crippen LogP contribution in [0.2, 0.25) is 0 Å². The molecular formula is C13H16N2O4S. The van der Waals surface area contributed by atoms with Crippen LogP contribution in [0.1, 0.15) is 22.3 Å². The standard InChI is InChI=1S/C13H16N2O4S/c14-11(16)8-20-5-4-12(17)15-7-9-2-1-3-10(6-9)13(18)19/h1-3,6H,4-5,7-8H2,(H2,14,16)(H,15,17)(H,18,19). The predicted octanol–water partition coefficient (Wildman–Crippen LogP) is 0.610. The molecule has 0 aromatic heterocycles. The second-order valence-corrected chi connectivity index (χ2v) is 5.16. The first-order valence-corrected chi connectivity index (χ1v) is 7.09. The van der Waals surface area contributed by atoms with Crippen molar-refractivity contribution in [2.75, 3.05) is 11.5 Å². The average molecular weight is 296 g/mol. The van der Waals surface area contributed by atoms with Crippen LogP contribution in [-0.4, -0.2) is 34.4 Å². The molecular weight excluding hydrogens is 280 g/mol. The fraction of sp³-hybridized carbons (Fsp3) is 0.308. The lowest BCUT2D eigenvalue weighted by Crippen LogP contribution is -2.23. The number of hydrogen-bond acceptors (Lipinski definition) is 4. The fourth-order valence-electron chi connectivity index (χ4n) is 1.44. The highest BCUT2D eigenvalue weighted by molar-refractivity contribution is 7.99. The summed E-state index contributed by atoms with van der Waals surface area (Å²) in [6, 6.07) is 6.39. The van der Waals surface area contributed by atoms with Crippen molar-refractivity contribution >= 4 is 29.5 Å². The Bertz CT molecular complexity index is 505. The largest absolute Gasteiger partial charge is 0.478 e. The third kappa shape index (κ3) is 6.24. The fourth-order valence-corrected chi connectivity index (χ4v) is 2.12. The number of carboxylic acids is 1. The molecule has 0 saturated carbocycles. The molecule has 20 heavy (non-hydrogen) atoms. The van der Waals surface area contributed by atoms with Crippen LogP contribution < -0.4 is 11.1 Å². The van der Waals surface area contributed by atoms with Crippen molar-refractivity contribution in [3.63, 3.8) is 0 Å². The van der Waals surface area contributed by atoms with E-state index in [1.165, 1.54) is 23.9 Å². The summed E-state index contributed by atoms with van der Waals surface area (Å²) in [5.74, 6) is -0.831. The molecule has 0 radical (unpaired) electrons. The van der Waals surface area contributed by atoms with E-state index in [0.29, 0.717) is 5.75 Å². The van der Waals surface area contributed by atoms with Crippen molar-refractivity contribution in [3.05, 3.63) is 35.4 Å². The minimum Gasteiger partial charge on any atom is -0.478 e. The number of benzene rings is 1. The number of rotatable bonds is 8. The summed E-state index contributed by atoms with van der Waals surface area (Å²) in [6.45, 7) is 0.278. The number of hydrogen-bond donors (Lipinski definition) is 3. The molecule has 6 nitrogen and oxygen atoms in total. The molecule has 2 amide bonds. The SMILES string of the molecule is NC(=O)CSCCC(=O)NCc1cccc(C(=O)O)c1. The second kappa shape index (κ2) is 8.21. The molecule has 0 aliphatic heterocycles. The zero-order valence-corrected chi connectivity index (χ0v) is 11.6. The highest BCUT2D eigenvalue weighted by atomic mass is 32.2. The number of aromatic carboxylic acids is 1. The summed E-state index contributed by atoms with van der Waals surface area (Å²) < 4.78 is 0.